The lowest BCUT2D eigenvalue weighted by atomic mass is 10.1. The van der Waals surface area contributed by atoms with E-state index >= 15 is 0 Å². The highest BCUT2D eigenvalue weighted by Crippen LogP contribution is 2.34. The van der Waals surface area contributed by atoms with Crippen LogP contribution in [-0.4, -0.2) is 63.0 Å². The minimum atomic E-state index is -4.55. The zero-order chi connectivity index (χ0) is 24.0. The van der Waals surface area contributed by atoms with E-state index in [0.717, 1.165) is 6.92 Å². The Kier molecular flexibility index (Phi) is 5.57. The number of hydrogen-bond donors (Lipinski definition) is 1. The maximum Gasteiger partial charge on any atom is 0.425 e. The van der Waals surface area contributed by atoms with Crippen LogP contribution in [0.15, 0.2) is 18.5 Å². The Balaban J connectivity index is 1.50. The molecule has 0 aliphatic carbocycles. The fourth-order valence-corrected chi connectivity index (χ4v) is 3.93. The molecule has 0 saturated carbocycles. The molecule has 3 aromatic rings. The van der Waals surface area contributed by atoms with Crippen molar-refractivity contribution in [1.82, 2.24) is 24.3 Å². The third-order valence-corrected chi connectivity index (χ3v) is 6.04. The average molecular weight is 477 g/mol. The Labute approximate surface area is 192 Å². The lowest BCUT2D eigenvalue weighted by molar-refractivity contribution is -0.189. The van der Waals surface area contributed by atoms with Crippen molar-refractivity contribution in [2.45, 2.75) is 38.2 Å². The Hall–Kier alpha value is -3.37. The van der Waals surface area contributed by atoms with E-state index in [4.69, 9.17) is 14.2 Å². The molecule has 2 aliphatic heterocycles. The number of ether oxygens (including phenoxy) is 3. The molecule has 10 nitrogen and oxygen atoms in total. The van der Waals surface area contributed by atoms with Gasteiger partial charge in [0.25, 0.3) is 5.88 Å². The summed E-state index contributed by atoms with van der Waals surface area (Å²) < 4.78 is 58.5. The molecule has 1 N–H and O–H groups in total. The minimum absolute atomic E-state index is 0.0669. The number of nitrogens with one attached hydrogen (secondary N) is 1. The first-order valence-corrected chi connectivity index (χ1v) is 10.8. The number of halogens is 3. The van der Waals surface area contributed by atoms with Crippen LogP contribution >= 0.6 is 0 Å². The molecule has 0 aromatic carbocycles. The molecule has 180 valence electrons. The summed E-state index contributed by atoms with van der Waals surface area (Å²) in [6.07, 6.45) is -3.50. The highest BCUT2D eigenvalue weighted by Gasteiger charge is 2.39. The minimum Gasteiger partial charge on any atom is -0.462 e. The first-order chi connectivity index (χ1) is 16.2. The van der Waals surface area contributed by atoms with Crippen molar-refractivity contribution >= 4 is 22.7 Å². The summed E-state index contributed by atoms with van der Waals surface area (Å²) in [7, 11) is 0. The fraction of sp³-hybridized carbons (Fsp3) is 0.524. The largest absolute Gasteiger partial charge is 0.462 e. The smallest absolute Gasteiger partial charge is 0.425 e. The second-order valence-electron chi connectivity index (χ2n) is 8.51. The van der Waals surface area contributed by atoms with Gasteiger partial charge in [-0.05, 0) is 13.0 Å². The van der Waals surface area contributed by atoms with Crippen molar-refractivity contribution < 1.29 is 27.4 Å². The van der Waals surface area contributed by atoms with Gasteiger partial charge in [0.2, 0.25) is 5.95 Å². The van der Waals surface area contributed by atoms with Gasteiger partial charge in [-0.15, -0.1) is 5.10 Å². The van der Waals surface area contributed by atoms with Gasteiger partial charge < -0.3 is 24.1 Å². The average Bonchev–Trinajstić information content (AvgIpc) is 3.43. The molecule has 0 bridgehead atoms. The van der Waals surface area contributed by atoms with E-state index in [1.165, 1.54) is 4.68 Å². The Morgan fingerprint density at radius 2 is 2.03 bits per heavy atom. The second kappa shape index (κ2) is 8.44. The fourth-order valence-electron chi connectivity index (χ4n) is 3.93. The summed E-state index contributed by atoms with van der Waals surface area (Å²) in [5, 5.41) is 17.4. The lowest BCUT2D eigenvalue weighted by Gasteiger charge is -2.25. The monoisotopic (exact) mass is 477 g/mol. The molecule has 3 atom stereocenters. The first kappa shape index (κ1) is 22.4. The molecule has 2 fully saturated rings. The second-order valence-corrected chi connectivity index (χ2v) is 8.51. The molecule has 5 rings (SSSR count). The highest BCUT2D eigenvalue weighted by molar-refractivity contribution is 5.79. The summed E-state index contributed by atoms with van der Waals surface area (Å²) in [5.74, 6) is 0.101. The van der Waals surface area contributed by atoms with Gasteiger partial charge >= 0.3 is 6.18 Å². The van der Waals surface area contributed by atoms with Crippen molar-refractivity contribution in [3.63, 3.8) is 0 Å². The topological polar surface area (TPSA) is 112 Å². The van der Waals surface area contributed by atoms with E-state index in [0.29, 0.717) is 43.2 Å². The zero-order valence-electron chi connectivity index (χ0n) is 18.4. The molecule has 5 heterocycles. The predicted octanol–water partition coefficient (Wildman–Crippen LogP) is 3.35. The van der Waals surface area contributed by atoms with Crippen LogP contribution in [0.25, 0.3) is 11.0 Å². The lowest BCUT2D eigenvalue weighted by Crippen LogP contribution is -2.32. The van der Waals surface area contributed by atoms with Crippen LogP contribution < -0.4 is 10.1 Å². The van der Waals surface area contributed by atoms with Gasteiger partial charge in [-0.1, -0.05) is 6.92 Å². The van der Waals surface area contributed by atoms with E-state index in [1.54, 1.807) is 18.5 Å². The number of fused-ring (bicyclic) bond motifs is 1. The van der Waals surface area contributed by atoms with E-state index in [1.807, 2.05) is 11.5 Å². The van der Waals surface area contributed by atoms with E-state index in [-0.39, 0.29) is 35.5 Å². The Bertz CT molecular complexity index is 1240. The van der Waals surface area contributed by atoms with E-state index in [2.05, 4.69) is 26.5 Å². The Morgan fingerprint density at radius 3 is 2.65 bits per heavy atom. The van der Waals surface area contributed by atoms with Crippen LogP contribution in [0, 0.1) is 17.2 Å². The van der Waals surface area contributed by atoms with Gasteiger partial charge in [-0.25, -0.2) is 4.98 Å². The maximum absolute atomic E-state index is 13.1. The maximum atomic E-state index is 13.1. The van der Waals surface area contributed by atoms with Crippen LogP contribution in [0.5, 0.6) is 5.88 Å². The molecule has 2 saturated heterocycles. The Morgan fingerprint density at radius 1 is 1.26 bits per heavy atom. The van der Waals surface area contributed by atoms with Gasteiger partial charge in [0.05, 0.1) is 44.7 Å². The molecule has 2 aliphatic rings. The van der Waals surface area contributed by atoms with Crippen molar-refractivity contribution in [1.29, 1.82) is 5.26 Å². The number of anilines is 2. The van der Waals surface area contributed by atoms with Gasteiger partial charge in [-0.2, -0.15) is 23.4 Å². The van der Waals surface area contributed by atoms with Crippen molar-refractivity contribution in [2.24, 2.45) is 5.92 Å². The van der Waals surface area contributed by atoms with Gasteiger partial charge in [0.1, 0.15) is 23.1 Å². The summed E-state index contributed by atoms with van der Waals surface area (Å²) in [6, 6.07) is 3.74. The molecule has 3 aromatic heterocycles. The standard InChI is InChI=1S/C21H22F3N7O3/c1-11-7-32-10-17(11)31-14(4-25)3-13-5-26-20(28-18(13)31)27-16-6-30(15-8-33-9-15)29-19(16)34-12(2)21(22,23)24/h3,5-6,11-12,15,17H,7-10H2,1-2H3,(H,26,27,28)/t11-,12-,17-/m0/s1. The van der Waals surface area contributed by atoms with Gasteiger partial charge in [0, 0.05) is 17.5 Å². The van der Waals surface area contributed by atoms with E-state index < -0.39 is 12.3 Å². The summed E-state index contributed by atoms with van der Waals surface area (Å²) in [4.78, 5) is 8.85. The first-order valence-electron chi connectivity index (χ1n) is 10.8. The zero-order valence-corrected chi connectivity index (χ0v) is 18.4. The quantitative estimate of drug-likeness (QED) is 0.575. The predicted molar refractivity (Wildman–Crippen MR) is 113 cm³/mol. The molecule has 0 unspecified atom stereocenters. The molecule has 13 heteroatoms. The van der Waals surface area contributed by atoms with Crippen LogP contribution in [-0.2, 0) is 9.47 Å². The van der Waals surface area contributed by atoms with Crippen LogP contribution in [0.3, 0.4) is 0 Å². The normalized spacial score (nSPS) is 21.9. The van der Waals surface area contributed by atoms with Gasteiger partial charge in [-0.3, -0.25) is 4.68 Å². The van der Waals surface area contributed by atoms with Crippen molar-refractivity contribution in [3.05, 3.63) is 24.2 Å². The number of alkyl halides is 3. The number of nitriles is 1. The number of rotatable bonds is 6. The number of aromatic nitrogens is 5. The molecule has 0 spiro atoms. The third kappa shape index (κ3) is 4.03. The van der Waals surface area contributed by atoms with Crippen LogP contribution in [0.2, 0.25) is 0 Å². The van der Waals surface area contributed by atoms with Crippen LogP contribution in [0.4, 0.5) is 24.8 Å². The van der Waals surface area contributed by atoms with Crippen molar-refractivity contribution in [3.8, 4) is 11.9 Å². The molecular weight excluding hydrogens is 455 g/mol. The summed E-state index contributed by atoms with van der Waals surface area (Å²) in [5.41, 5.74) is 1.16. The summed E-state index contributed by atoms with van der Waals surface area (Å²) in [6.45, 7) is 4.80. The molecular formula is C21H22F3N7O3. The van der Waals surface area contributed by atoms with Crippen molar-refractivity contribution in [2.75, 3.05) is 31.7 Å². The third-order valence-electron chi connectivity index (χ3n) is 6.04. The molecule has 0 radical (unpaired) electrons. The molecule has 34 heavy (non-hydrogen) atoms. The summed E-state index contributed by atoms with van der Waals surface area (Å²) >= 11 is 0. The van der Waals surface area contributed by atoms with Gasteiger partial charge in [0.15, 0.2) is 6.10 Å². The SMILES string of the molecule is C[C@H](Oc1nn(C2COC2)cc1Nc1ncc2cc(C#N)n([C@H]3COC[C@@H]3C)c2n1)C(F)(F)F. The van der Waals surface area contributed by atoms with E-state index in [9.17, 15) is 18.4 Å². The highest BCUT2D eigenvalue weighted by atomic mass is 19.4. The number of nitrogens with zero attached hydrogens (tertiary/aromatic N) is 6. The van der Waals surface area contributed by atoms with Crippen LogP contribution in [0.1, 0.15) is 31.6 Å². The molecule has 0 amide bonds. The number of hydrogen-bond acceptors (Lipinski definition) is 8.